The van der Waals surface area contributed by atoms with Crippen molar-refractivity contribution >= 4 is 22.0 Å². The number of rotatable bonds is 9. The first-order chi connectivity index (χ1) is 13.2. The number of likely N-dealkylation sites (N-methyl/N-ethyl adjacent to an activating group) is 1. The van der Waals surface area contributed by atoms with Gasteiger partial charge in [0.15, 0.2) is 5.52 Å². The summed E-state index contributed by atoms with van der Waals surface area (Å²) in [4.78, 5) is 14.5. The second-order valence-corrected chi connectivity index (χ2v) is 7.51. The zero-order valence-electron chi connectivity index (χ0n) is 16.0. The lowest BCUT2D eigenvalue weighted by atomic mass is 10.4. The number of aromatic amines is 1. The van der Waals surface area contributed by atoms with Gasteiger partial charge in [0.2, 0.25) is 0 Å². The van der Waals surface area contributed by atoms with Crippen molar-refractivity contribution in [2.24, 2.45) is 0 Å². The Labute approximate surface area is 161 Å². The normalized spacial score (nSPS) is 12.6. The summed E-state index contributed by atoms with van der Waals surface area (Å²) in [5.41, 5.74) is 2.40. The van der Waals surface area contributed by atoms with E-state index in [2.05, 4.69) is 33.7 Å². The first-order valence-corrected chi connectivity index (χ1v) is 10.4. The molecule has 0 fully saturated rings. The van der Waals surface area contributed by atoms with Crippen LogP contribution in [0.1, 0.15) is 19.5 Å². The van der Waals surface area contributed by atoms with Crippen molar-refractivity contribution in [3.63, 3.8) is 0 Å². The van der Waals surface area contributed by atoms with Crippen LogP contribution in [0.3, 0.4) is 0 Å². The fourth-order valence-electron chi connectivity index (χ4n) is 2.98. The van der Waals surface area contributed by atoms with E-state index in [1.807, 2.05) is 28.8 Å². The number of nitrogens with one attached hydrogen (secondary N) is 1. The molecule has 1 N–H and O–H groups in total. The number of fused-ring (bicyclic) bond motifs is 1. The average Bonchev–Trinajstić information content (AvgIpc) is 3.07. The molecule has 3 aromatic rings. The Morgan fingerprint density at radius 1 is 1.22 bits per heavy atom. The molecule has 144 valence electrons. The number of pyridine rings is 2. The van der Waals surface area contributed by atoms with Gasteiger partial charge in [0.05, 0.1) is 25.1 Å². The second kappa shape index (κ2) is 9.05. The smallest absolute Gasteiger partial charge is 0.306 e. The summed E-state index contributed by atoms with van der Waals surface area (Å²) < 4.78 is 20.4. The van der Waals surface area contributed by atoms with Crippen molar-refractivity contribution in [2.75, 3.05) is 26.7 Å². The third kappa shape index (κ3) is 4.51. The summed E-state index contributed by atoms with van der Waals surface area (Å²) in [5, 5.41) is 0.656. The summed E-state index contributed by atoms with van der Waals surface area (Å²) in [6.45, 7) is 7.79. The highest BCUT2D eigenvalue weighted by molar-refractivity contribution is 7.83. The topological polar surface area (TPSA) is 75.0 Å². The van der Waals surface area contributed by atoms with Crippen LogP contribution in [0.2, 0.25) is 0 Å². The molecule has 1 unspecified atom stereocenters. The molecular weight excluding hydrogens is 362 g/mol. The number of ether oxygens (including phenoxy) is 1. The van der Waals surface area contributed by atoms with Gasteiger partial charge in [-0.1, -0.05) is 24.9 Å². The maximum Gasteiger partial charge on any atom is 0.306 e. The van der Waals surface area contributed by atoms with E-state index in [0.29, 0.717) is 23.3 Å². The molecule has 3 heterocycles. The van der Waals surface area contributed by atoms with Gasteiger partial charge in [-0.25, -0.2) is 8.78 Å². The summed E-state index contributed by atoms with van der Waals surface area (Å²) in [7, 11) is 0.338. The van der Waals surface area contributed by atoms with E-state index in [4.69, 9.17) is 4.74 Å². The highest BCUT2D eigenvalue weighted by Crippen LogP contribution is 2.16. The van der Waals surface area contributed by atoms with E-state index in [-0.39, 0.29) is 0 Å². The standard InChI is InChI=1S/C19H25N5O2S/c1-4-23(5-2)12-13-24-18-16(9-10-17(22-18)26-3)21-19(24)27(25)14-15-8-6-7-11-20-15/h6-11H,4-5,12-14H2,1-3H3/p+1. The molecule has 0 bridgehead atoms. The minimum Gasteiger partial charge on any atom is -0.469 e. The van der Waals surface area contributed by atoms with E-state index < -0.39 is 10.8 Å². The highest BCUT2D eigenvalue weighted by Gasteiger charge is 2.25. The maximum absolute atomic E-state index is 13.1. The number of hydrogen-bond donors (Lipinski definition) is 1. The molecule has 8 heteroatoms. The minimum absolute atomic E-state index is 0.357. The molecule has 0 spiro atoms. The summed E-state index contributed by atoms with van der Waals surface area (Å²) in [6, 6.07) is 9.37. The van der Waals surface area contributed by atoms with Crippen LogP contribution >= 0.6 is 0 Å². The number of H-pyrrole nitrogens is 1. The third-order valence-corrected chi connectivity index (χ3v) is 5.87. The lowest BCUT2D eigenvalue weighted by molar-refractivity contribution is -0.710. The van der Waals surface area contributed by atoms with Gasteiger partial charge in [0.1, 0.15) is 10.8 Å². The first kappa shape index (κ1) is 19.4. The maximum atomic E-state index is 13.1. The van der Waals surface area contributed by atoms with Crippen LogP contribution < -0.4 is 9.30 Å². The minimum atomic E-state index is -1.26. The van der Waals surface area contributed by atoms with E-state index in [1.54, 1.807) is 19.4 Å². The Bertz CT molecular complexity index is 909. The predicted molar refractivity (Wildman–Crippen MR) is 105 cm³/mol. The van der Waals surface area contributed by atoms with Crippen molar-refractivity contribution in [1.82, 2.24) is 19.9 Å². The van der Waals surface area contributed by atoms with Crippen molar-refractivity contribution in [3.05, 3.63) is 42.2 Å². The van der Waals surface area contributed by atoms with Gasteiger partial charge in [0.25, 0.3) is 11.0 Å². The molecule has 3 aromatic heterocycles. The zero-order valence-corrected chi connectivity index (χ0v) is 16.8. The molecule has 0 aliphatic heterocycles. The molecule has 3 rings (SSSR count). The zero-order chi connectivity index (χ0) is 19.2. The second-order valence-electron chi connectivity index (χ2n) is 6.14. The predicted octanol–water partition coefficient (Wildman–Crippen LogP) is 1.90. The Balaban J connectivity index is 1.96. The van der Waals surface area contributed by atoms with Crippen LogP contribution in [0.5, 0.6) is 5.88 Å². The molecule has 0 amide bonds. The van der Waals surface area contributed by atoms with Gasteiger partial charge in [-0.15, -0.1) is 0 Å². The molecule has 27 heavy (non-hydrogen) atoms. The summed E-state index contributed by atoms with van der Waals surface area (Å²) in [6.07, 6.45) is 1.72. The Kier molecular flexibility index (Phi) is 6.52. The van der Waals surface area contributed by atoms with Gasteiger partial charge in [-0.05, 0) is 31.3 Å². The van der Waals surface area contributed by atoms with Crippen molar-refractivity contribution < 1.29 is 13.5 Å². The van der Waals surface area contributed by atoms with E-state index in [9.17, 15) is 4.21 Å². The molecule has 0 saturated heterocycles. The molecular formula is C19H26N5O2S+. The fourth-order valence-corrected chi connectivity index (χ4v) is 4.21. The van der Waals surface area contributed by atoms with Crippen LogP contribution in [-0.4, -0.2) is 50.8 Å². The van der Waals surface area contributed by atoms with Crippen molar-refractivity contribution in [2.45, 2.75) is 31.3 Å². The lowest BCUT2D eigenvalue weighted by Crippen LogP contribution is -2.43. The van der Waals surface area contributed by atoms with Gasteiger partial charge < -0.3 is 9.64 Å². The number of nitrogens with zero attached hydrogens (tertiary/aromatic N) is 4. The molecule has 1 atom stereocenters. The quantitative estimate of drug-likeness (QED) is 0.567. The Morgan fingerprint density at radius 3 is 2.70 bits per heavy atom. The summed E-state index contributed by atoms with van der Waals surface area (Å²) in [5.74, 6) is 0.899. The number of methoxy groups -OCH3 is 1. The molecule has 0 aliphatic carbocycles. The van der Waals surface area contributed by atoms with Gasteiger partial charge in [0, 0.05) is 18.8 Å². The molecule has 7 nitrogen and oxygen atoms in total. The van der Waals surface area contributed by atoms with Crippen molar-refractivity contribution in [3.8, 4) is 5.88 Å². The van der Waals surface area contributed by atoms with E-state index in [0.717, 1.165) is 36.5 Å². The Hall–Kier alpha value is -2.32. The summed E-state index contributed by atoms with van der Waals surface area (Å²) >= 11 is 0. The van der Waals surface area contributed by atoms with E-state index >= 15 is 0 Å². The monoisotopic (exact) mass is 388 g/mol. The molecule has 0 aliphatic rings. The van der Waals surface area contributed by atoms with Gasteiger partial charge in [-0.3, -0.25) is 9.97 Å². The number of hydrogen-bond acceptors (Lipinski definition) is 5. The molecule has 0 saturated carbocycles. The fraction of sp³-hybridized carbons (Fsp3) is 0.421. The molecule has 0 radical (unpaired) electrons. The van der Waals surface area contributed by atoms with Crippen LogP contribution in [0.25, 0.3) is 11.2 Å². The highest BCUT2D eigenvalue weighted by atomic mass is 32.2. The Morgan fingerprint density at radius 2 is 2.04 bits per heavy atom. The van der Waals surface area contributed by atoms with Crippen LogP contribution in [0.15, 0.2) is 41.7 Å². The van der Waals surface area contributed by atoms with Gasteiger partial charge >= 0.3 is 5.65 Å². The largest absolute Gasteiger partial charge is 0.469 e. The first-order valence-electron chi connectivity index (χ1n) is 9.13. The van der Waals surface area contributed by atoms with Crippen LogP contribution in [0, 0.1) is 0 Å². The molecule has 0 aromatic carbocycles. The average molecular weight is 389 g/mol. The van der Waals surface area contributed by atoms with E-state index in [1.165, 1.54) is 0 Å². The van der Waals surface area contributed by atoms with Crippen LogP contribution in [0.4, 0.5) is 0 Å². The van der Waals surface area contributed by atoms with Gasteiger partial charge in [-0.2, -0.15) is 0 Å². The number of aromatic nitrogens is 4. The SMILES string of the molecule is CCN(CC)CC[n+]1c(S(=O)Cc2ccccn2)[nH]c2ccc(OC)nc21. The third-order valence-electron chi connectivity index (χ3n) is 4.56. The number of imidazole rings is 1. The lowest BCUT2D eigenvalue weighted by Gasteiger charge is -2.17. The van der Waals surface area contributed by atoms with Crippen molar-refractivity contribution in [1.29, 1.82) is 0 Å². The van der Waals surface area contributed by atoms with Crippen LogP contribution in [-0.2, 0) is 23.1 Å².